The van der Waals surface area contributed by atoms with Gasteiger partial charge in [0, 0.05) is 11.2 Å². The number of hydrogen-bond acceptors (Lipinski definition) is 4. The quantitative estimate of drug-likeness (QED) is 0.514. The van der Waals surface area contributed by atoms with Gasteiger partial charge in [0.15, 0.2) is 0 Å². The maximum Gasteiger partial charge on any atom is 0.261 e. The van der Waals surface area contributed by atoms with Gasteiger partial charge in [0.2, 0.25) is 11.8 Å². The first-order chi connectivity index (χ1) is 16.1. The number of rotatable bonds is 7. The number of nitrogens with zero attached hydrogens (tertiary/aromatic N) is 1. The van der Waals surface area contributed by atoms with Crippen molar-refractivity contribution in [3.05, 3.63) is 87.6 Å². The molecule has 1 aromatic heterocycles. The molecule has 0 aliphatic rings. The first-order valence-electron chi connectivity index (χ1n) is 11.1. The molecule has 0 bridgehead atoms. The van der Waals surface area contributed by atoms with Gasteiger partial charge >= 0.3 is 0 Å². The van der Waals surface area contributed by atoms with Crippen LogP contribution < -0.4 is 15.5 Å². The molecular weight excluding hydrogens is 446 g/mol. The van der Waals surface area contributed by atoms with Crippen LogP contribution in [0, 0.1) is 13.8 Å². The summed E-state index contributed by atoms with van der Waals surface area (Å²) < 4.78 is 0. The lowest BCUT2D eigenvalue weighted by Gasteiger charge is -2.34. The fraction of sp³-hybridized carbons (Fsp3) is 0.296. The fourth-order valence-corrected chi connectivity index (χ4v) is 4.18. The molecule has 0 unspecified atom stereocenters. The third-order valence-electron chi connectivity index (χ3n) is 5.30. The standard InChI is InChI=1S/C27H31N3O3S/c1-18-13-14-21(16-19(18)2)30(23(31)17-28-25(32)22-12-9-15-34-22)24(20-10-7-6-8-11-20)26(33)29-27(3,4)5/h6-16,24H,17H2,1-5H3,(H,28,32)(H,29,33)/t24-/m1/s1. The lowest BCUT2D eigenvalue weighted by molar-refractivity contribution is -0.127. The van der Waals surface area contributed by atoms with Gasteiger partial charge in [-0.1, -0.05) is 42.5 Å². The average Bonchev–Trinajstić information content (AvgIpc) is 3.32. The molecule has 0 aliphatic carbocycles. The SMILES string of the molecule is Cc1ccc(N(C(=O)CNC(=O)c2cccs2)[C@@H](C(=O)NC(C)(C)C)c2ccccc2)cc1C. The summed E-state index contributed by atoms with van der Waals surface area (Å²) in [5.41, 5.74) is 2.87. The number of nitrogens with one attached hydrogen (secondary N) is 2. The molecular formula is C27H31N3O3S. The summed E-state index contributed by atoms with van der Waals surface area (Å²) >= 11 is 1.30. The van der Waals surface area contributed by atoms with Gasteiger partial charge in [-0.25, -0.2) is 0 Å². The second-order valence-corrected chi connectivity index (χ2v) is 10.2. The number of benzene rings is 2. The van der Waals surface area contributed by atoms with E-state index < -0.39 is 11.6 Å². The smallest absolute Gasteiger partial charge is 0.261 e. The zero-order chi connectivity index (χ0) is 24.9. The molecule has 6 nitrogen and oxygen atoms in total. The number of carbonyl (C=O) groups is 3. The Labute approximate surface area is 205 Å². The van der Waals surface area contributed by atoms with Crippen LogP contribution in [0.25, 0.3) is 0 Å². The molecule has 3 aromatic rings. The van der Waals surface area contributed by atoms with Gasteiger partial charge in [-0.2, -0.15) is 0 Å². The summed E-state index contributed by atoms with van der Waals surface area (Å²) in [6, 6.07) is 17.5. The van der Waals surface area contributed by atoms with Crippen molar-refractivity contribution in [2.75, 3.05) is 11.4 Å². The van der Waals surface area contributed by atoms with E-state index in [0.29, 0.717) is 16.1 Å². The molecule has 0 saturated heterocycles. The minimum Gasteiger partial charge on any atom is -0.349 e. The first-order valence-corrected chi connectivity index (χ1v) is 12.0. The van der Waals surface area contributed by atoms with E-state index in [9.17, 15) is 14.4 Å². The van der Waals surface area contributed by atoms with E-state index in [4.69, 9.17) is 0 Å². The normalized spacial score (nSPS) is 12.0. The number of carbonyl (C=O) groups excluding carboxylic acids is 3. The molecule has 178 valence electrons. The molecule has 7 heteroatoms. The highest BCUT2D eigenvalue weighted by Gasteiger charge is 2.34. The second kappa shape index (κ2) is 10.7. The van der Waals surface area contributed by atoms with E-state index in [1.54, 1.807) is 17.5 Å². The molecule has 1 heterocycles. The monoisotopic (exact) mass is 477 g/mol. The minimum atomic E-state index is -0.909. The van der Waals surface area contributed by atoms with Gasteiger partial charge in [-0.05, 0) is 74.9 Å². The van der Waals surface area contributed by atoms with Crippen LogP contribution in [0.15, 0.2) is 66.0 Å². The van der Waals surface area contributed by atoms with Gasteiger partial charge in [-0.15, -0.1) is 11.3 Å². The molecule has 0 spiro atoms. The molecule has 1 atom stereocenters. The predicted molar refractivity (Wildman–Crippen MR) is 137 cm³/mol. The van der Waals surface area contributed by atoms with Crippen LogP contribution in [0.1, 0.15) is 53.2 Å². The first kappa shape index (κ1) is 25.2. The number of aryl methyl sites for hydroxylation is 2. The van der Waals surface area contributed by atoms with Gasteiger partial charge < -0.3 is 10.6 Å². The maximum absolute atomic E-state index is 13.6. The largest absolute Gasteiger partial charge is 0.349 e. The van der Waals surface area contributed by atoms with Crippen LogP contribution in [0.4, 0.5) is 5.69 Å². The van der Waals surface area contributed by atoms with Crippen molar-refractivity contribution >= 4 is 34.7 Å². The van der Waals surface area contributed by atoms with Crippen LogP contribution in [0.5, 0.6) is 0 Å². The highest BCUT2D eigenvalue weighted by molar-refractivity contribution is 7.12. The minimum absolute atomic E-state index is 0.240. The van der Waals surface area contributed by atoms with Crippen molar-refractivity contribution in [1.82, 2.24) is 10.6 Å². The van der Waals surface area contributed by atoms with Crippen molar-refractivity contribution in [3.63, 3.8) is 0 Å². The maximum atomic E-state index is 13.6. The van der Waals surface area contributed by atoms with E-state index in [0.717, 1.165) is 11.1 Å². The molecule has 2 aromatic carbocycles. The van der Waals surface area contributed by atoms with Gasteiger partial charge in [0.25, 0.3) is 5.91 Å². The summed E-state index contributed by atoms with van der Waals surface area (Å²) in [4.78, 5) is 41.7. The van der Waals surface area contributed by atoms with E-state index >= 15 is 0 Å². The van der Waals surface area contributed by atoms with Gasteiger partial charge in [-0.3, -0.25) is 19.3 Å². The fourth-order valence-electron chi connectivity index (χ4n) is 3.54. The molecule has 0 fully saturated rings. The number of amides is 3. The highest BCUT2D eigenvalue weighted by atomic mass is 32.1. The number of thiophene rings is 1. The number of hydrogen-bond donors (Lipinski definition) is 2. The zero-order valence-electron chi connectivity index (χ0n) is 20.2. The second-order valence-electron chi connectivity index (χ2n) is 9.24. The summed E-state index contributed by atoms with van der Waals surface area (Å²) in [5, 5.41) is 7.53. The van der Waals surface area contributed by atoms with Crippen molar-refractivity contribution < 1.29 is 14.4 Å². The topological polar surface area (TPSA) is 78.5 Å². The Hall–Kier alpha value is -3.45. The van der Waals surface area contributed by atoms with Crippen molar-refractivity contribution in [2.45, 2.75) is 46.2 Å². The van der Waals surface area contributed by atoms with Crippen LogP contribution in [0.3, 0.4) is 0 Å². The Bertz CT molecular complexity index is 1150. The average molecular weight is 478 g/mol. The molecule has 0 saturated carbocycles. The van der Waals surface area contributed by atoms with E-state index in [2.05, 4.69) is 10.6 Å². The van der Waals surface area contributed by atoms with Gasteiger partial charge in [0.05, 0.1) is 11.4 Å². The molecule has 3 amide bonds. The van der Waals surface area contributed by atoms with E-state index in [1.807, 2.05) is 83.1 Å². The Morgan fingerprint density at radius 3 is 2.24 bits per heavy atom. The van der Waals surface area contributed by atoms with Crippen LogP contribution in [-0.2, 0) is 9.59 Å². The Morgan fingerprint density at radius 1 is 0.941 bits per heavy atom. The summed E-state index contributed by atoms with van der Waals surface area (Å²) in [6.07, 6.45) is 0. The Kier molecular flexibility index (Phi) is 7.89. The van der Waals surface area contributed by atoms with Crippen molar-refractivity contribution in [2.24, 2.45) is 0 Å². The third kappa shape index (κ3) is 6.32. The van der Waals surface area contributed by atoms with Crippen molar-refractivity contribution in [3.8, 4) is 0 Å². The highest BCUT2D eigenvalue weighted by Crippen LogP contribution is 2.30. The van der Waals surface area contributed by atoms with E-state index in [1.165, 1.54) is 16.2 Å². The lowest BCUT2D eigenvalue weighted by atomic mass is 10.00. The lowest BCUT2D eigenvalue weighted by Crippen LogP contribution is -2.51. The molecule has 3 rings (SSSR count). The number of anilines is 1. The Morgan fingerprint density at radius 2 is 1.65 bits per heavy atom. The zero-order valence-corrected chi connectivity index (χ0v) is 21.0. The summed E-state index contributed by atoms with van der Waals surface area (Å²) in [7, 11) is 0. The van der Waals surface area contributed by atoms with Crippen LogP contribution >= 0.6 is 11.3 Å². The molecule has 0 radical (unpaired) electrons. The van der Waals surface area contributed by atoms with Crippen LogP contribution in [-0.4, -0.2) is 29.8 Å². The third-order valence-corrected chi connectivity index (χ3v) is 6.17. The Balaban J connectivity index is 2.03. The predicted octanol–water partition coefficient (Wildman–Crippen LogP) is 4.78. The molecule has 0 aliphatic heterocycles. The van der Waals surface area contributed by atoms with Crippen molar-refractivity contribution in [1.29, 1.82) is 0 Å². The van der Waals surface area contributed by atoms with E-state index in [-0.39, 0.29) is 24.3 Å². The summed E-state index contributed by atoms with van der Waals surface area (Å²) in [6.45, 7) is 9.42. The van der Waals surface area contributed by atoms with Crippen LogP contribution in [0.2, 0.25) is 0 Å². The summed E-state index contributed by atoms with van der Waals surface area (Å²) in [5.74, 6) is -1.00. The van der Waals surface area contributed by atoms with Gasteiger partial charge in [0.1, 0.15) is 6.04 Å². The molecule has 2 N–H and O–H groups in total. The molecule has 34 heavy (non-hydrogen) atoms.